The summed E-state index contributed by atoms with van der Waals surface area (Å²) in [6, 6.07) is 0. The Bertz CT molecular complexity index is 98.6. The fourth-order valence-electron chi connectivity index (χ4n) is 0.101. The van der Waals surface area contributed by atoms with E-state index in [0.717, 1.165) is 6.08 Å². The number of alkyl halides is 1. The molecule has 0 aliphatic heterocycles. The van der Waals surface area contributed by atoms with Crippen LogP contribution in [0.2, 0.25) is 0 Å². The van der Waals surface area contributed by atoms with E-state index in [9.17, 15) is 9.18 Å². The van der Waals surface area contributed by atoms with Crippen LogP contribution in [0.15, 0.2) is 12.7 Å². The molecule has 0 bridgehead atoms. The number of carbonyl (C=O) groups is 1. The Morgan fingerprint density at radius 3 is 2.38 bits per heavy atom. The Hall–Kier alpha value is 0.776. The van der Waals surface area contributed by atoms with E-state index in [-0.39, 0.29) is 52.8 Å². The van der Waals surface area contributed by atoms with Crippen molar-refractivity contribution >= 4 is 5.97 Å². The molecule has 0 saturated heterocycles. The molecule has 0 aromatic rings. The molecule has 0 saturated carbocycles. The summed E-state index contributed by atoms with van der Waals surface area (Å²) in [5.74, 6) is -1.49. The third-order valence-corrected chi connectivity index (χ3v) is 0.443. The van der Waals surface area contributed by atoms with Gasteiger partial charge in [-0.2, -0.15) is 0 Å². The van der Waals surface area contributed by atoms with Crippen LogP contribution in [-0.2, 0) is 4.79 Å². The SMILES string of the molecule is C=CC(F)C(=O)O.[H-].[K+]. The van der Waals surface area contributed by atoms with Crippen LogP contribution in [0, 0.1) is 0 Å². The summed E-state index contributed by atoms with van der Waals surface area (Å²) in [5.41, 5.74) is 0. The third-order valence-electron chi connectivity index (χ3n) is 0.443. The van der Waals surface area contributed by atoms with Gasteiger partial charge in [-0.15, -0.1) is 0 Å². The van der Waals surface area contributed by atoms with Crippen molar-refractivity contribution in [3.63, 3.8) is 0 Å². The van der Waals surface area contributed by atoms with Gasteiger partial charge in [0.25, 0.3) is 0 Å². The van der Waals surface area contributed by atoms with E-state index in [1.165, 1.54) is 0 Å². The molecule has 0 fully saturated rings. The molecule has 42 valence electrons. The summed E-state index contributed by atoms with van der Waals surface area (Å²) in [5, 5.41) is 7.74. The monoisotopic (exact) mass is 144 g/mol. The fourth-order valence-corrected chi connectivity index (χ4v) is 0.101. The van der Waals surface area contributed by atoms with Crippen molar-refractivity contribution in [1.29, 1.82) is 0 Å². The second-order valence-corrected chi connectivity index (χ2v) is 0.976. The van der Waals surface area contributed by atoms with Gasteiger partial charge >= 0.3 is 57.4 Å². The van der Waals surface area contributed by atoms with Crippen LogP contribution >= 0.6 is 0 Å². The molecule has 0 rings (SSSR count). The van der Waals surface area contributed by atoms with Crippen molar-refractivity contribution in [3.8, 4) is 0 Å². The number of halogens is 1. The predicted octanol–water partition coefficient (Wildman–Crippen LogP) is -2.29. The number of carboxylic acids is 1. The number of rotatable bonds is 2. The van der Waals surface area contributed by atoms with Crippen molar-refractivity contribution in [1.82, 2.24) is 0 Å². The average Bonchev–Trinajstić information content (AvgIpc) is 1.65. The maximum Gasteiger partial charge on any atom is 1.00 e. The molecule has 0 aliphatic rings. The van der Waals surface area contributed by atoms with Crippen LogP contribution in [0.5, 0.6) is 0 Å². The predicted molar refractivity (Wildman–Crippen MR) is 23.8 cm³/mol. The van der Waals surface area contributed by atoms with Gasteiger partial charge in [-0.1, -0.05) is 6.58 Å². The van der Waals surface area contributed by atoms with Crippen LogP contribution in [0.1, 0.15) is 1.43 Å². The van der Waals surface area contributed by atoms with Crippen LogP contribution < -0.4 is 51.4 Å². The molecule has 0 radical (unpaired) electrons. The molecular formula is C4H6FKO2. The summed E-state index contributed by atoms with van der Waals surface area (Å²) in [4.78, 5) is 9.48. The maximum atomic E-state index is 11.5. The second-order valence-electron chi connectivity index (χ2n) is 0.976. The van der Waals surface area contributed by atoms with Gasteiger partial charge < -0.3 is 6.53 Å². The quantitative estimate of drug-likeness (QED) is 0.350. The topological polar surface area (TPSA) is 37.3 Å². The van der Waals surface area contributed by atoms with E-state index >= 15 is 0 Å². The first-order valence-electron chi connectivity index (χ1n) is 1.68. The summed E-state index contributed by atoms with van der Waals surface area (Å²) in [6.45, 7) is 2.93. The van der Waals surface area contributed by atoms with E-state index in [1.54, 1.807) is 0 Å². The van der Waals surface area contributed by atoms with Gasteiger partial charge in [0.1, 0.15) is 0 Å². The van der Waals surface area contributed by atoms with Gasteiger partial charge in [0.05, 0.1) is 0 Å². The normalized spacial score (nSPS) is 11.1. The molecule has 0 aliphatic carbocycles. The molecule has 1 N–H and O–H groups in total. The zero-order valence-electron chi connectivity index (χ0n) is 5.60. The molecule has 0 aromatic carbocycles. The van der Waals surface area contributed by atoms with Crippen molar-refractivity contribution in [2.24, 2.45) is 0 Å². The first kappa shape index (κ1) is 11.6. The Morgan fingerprint density at radius 1 is 2.00 bits per heavy atom. The molecule has 0 aromatic heterocycles. The van der Waals surface area contributed by atoms with Gasteiger partial charge in [0.15, 0.2) is 0 Å². The molecule has 0 spiro atoms. The molecule has 2 nitrogen and oxygen atoms in total. The minimum atomic E-state index is -1.92. The van der Waals surface area contributed by atoms with Gasteiger partial charge in [-0.05, 0) is 6.08 Å². The second kappa shape index (κ2) is 5.90. The smallest absolute Gasteiger partial charge is 1.00 e. The summed E-state index contributed by atoms with van der Waals surface area (Å²) >= 11 is 0. The molecule has 4 heteroatoms. The van der Waals surface area contributed by atoms with E-state index in [2.05, 4.69) is 6.58 Å². The van der Waals surface area contributed by atoms with Crippen LogP contribution in [0.4, 0.5) is 4.39 Å². The molecule has 8 heavy (non-hydrogen) atoms. The van der Waals surface area contributed by atoms with Gasteiger partial charge in [0.2, 0.25) is 6.17 Å². The van der Waals surface area contributed by atoms with E-state index in [0.29, 0.717) is 0 Å². The zero-order valence-corrected chi connectivity index (χ0v) is 7.72. The largest absolute Gasteiger partial charge is 1.00 e. The summed E-state index contributed by atoms with van der Waals surface area (Å²) < 4.78 is 11.5. The molecule has 1 unspecified atom stereocenters. The number of aliphatic carboxylic acids is 1. The van der Waals surface area contributed by atoms with Crippen molar-refractivity contribution in [3.05, 3.63) is 12.7 Å². The third kappa shape index (κ3) is 4.92. The first-order valence-corrected chi connectivity index (χ1v) is 1.68. The average molecular weight is 144 g/mol. The Morgan fingerprint density at radius 2 is 2.38 bits per heavy atom. The van der Waals surface area contributed by atoms with E-state index < -0.39 is 12.1 Å². The fraction of sp³-hybridized carbons (Fsp3) is 0.250. The van der Waals surface area contributed by atoms with Gasteiger partial charge in [0, 0.05) is 0 Å². The number of hydrogen-bond donors (Lipinski definition) is 1. The van der Waals surface area contributed by atoms with Crippen molar-refractivity contribution in [2.45, 2.75) is 6.17 Å². The van der Waals surface area contributed by atoms with Gasteiger partial charge in [-0.25, -0.2) is 9.18 Å². The van der Waals surface area contributed by atoms with Gasteiger partial charge in [-0.3, -0.25) is 0 Å². The van der Waals surface area contributed by atoms with E-state index in [1.807, 2.05) is 0 Å². The van der Waals surface area contributed by atoms with Crippen LogP contribution in [0.25, 0.3) is 0 Å². The molecule has 0 heterocycles. The molecule has 0 amide bonds. The minimum Gasteiger partial charge on any atom is -1.00 e. The molecule has 1 atom stereocenters. The summed E-state index contributed by atoms with van der Waals surface area (Å²) in [7, 11) is 0. The van der Waals surface area contributed by atoms with Crippen molar-refractivity contribution in [2.75, 3.05) is 0 Å². The Labute approximate surface area is 90.7 Å². The van der Waals surface area contributed by atoms with Crippen LogP contribution in [0.3, 0.4) is 0 Å². The maximum absolute atomic E-state index is 11.5. The minimum absolute atomic E-state index is 0. The van der Waals surface area contributed by atoms with E-state index in [4.69, 9.17) is 5.11 Å². The number of hydrogen-bond acceptors (Lipinski definition) is 1. The zero-order chi connectivity index (χ0) is 5.86. The number of carboxylic acid groups (broad SMARTS) is 1. The first-order chi connectivity index (χ1) is 3.18. The summed E-state index contributed by atoms with van der Waals surface area (Å²) in [6.07, 6.45) is -1.19. The Balaban J connectivity index is -0.000000180. The van der Waals surface area contributed by atoms with Crippen molar-refractivity contribution < 1.29 is 67.1 Å². The standard InChI is InChI=1S/C4H5FO2.K.H/c1-2-3(5)4(6)7;;/h2-3H,1H2,(H,6,7);;/q;+1;-1. The van der Waals surface area contributed by atoms with Crippen LogP contribution in [-0.4, -0.2) is 17.2 Å². The molecular weight excluding hydrogens is 138 g/mol. The Kier molecular flexibility index (Phi) is 8.53.